The van der Waals surface area contributed by atoms with Crippen LogP contribution < -0.4 is 11.1 Å². The second kappa shape index (κ2) is 5.26. The fourth-order valence-corrected chi connectivity index (χ4v) is 2.29. The van der Waals surface area contributed by atoms with Crippen molar-refractivity contribution in [1.29, 1.82) is 5.26 Å². The Balaban J connectivity index is 2.48. The molecule has 2 aromatic carbocycles. The lowest BCUT2D eigenvalue weighted by Crippen LogP contribution is -2.02. The summed E-state index contributed by atoms with van der Waals surface area (Å²) >= 11 is 0. The molecule has 3 nitrogen and oxygen atoms in total. The van der Waals surface area contributed by atoms with Crippen LogP contribution in [0, 0.1) is 39.0 Å². The highest BCUT2D eigenvalue weighted by molar-refractivity contribution is 5.77. The molecule has 2 aromatic rings. The number of nitriles is 1. The summed E-state index contributed by atoms with van der Waals surface area (Å²) in [6.45, 7) is 8.41. The third-order valence-electron chi connectivity index (χ3n) is 3.81. The highest BCUT2D eigenvalue weighted by atomic mass is 14.9. The van der Waals surface area contributed by atoms with Gasteiger partial charge in [0.15, 0.2) is 0 Å². The molecular weight excluding hydrogens is 246 g/mol. The molecule has 0 aromatic heterocycles. The SMILES string of the molecule is Cc1cc(C)c(C)c(Nc2ccc(C#N)cc2N)c1C. The number of anilines is 3. The summed E-state index contributed by atoms with van der Waals surface area (Å²) in [5, 5.41) is 12.3. The van der Waals surface area contributed by atoms with Gasteiger partial charge in [0, 0.05) is 5.69 Å². The Kier molecular flexibility index (Phi) is 3.67. The van der Waals surface area contributed by atoms with Gasteiger partial charge in [-0.15, -0.1) is 0 Å². The number of nitrogens with two attached hydrogens (primary N) is 1. The summed E-state index contributed by atoms with van der Waals surface area (Å²) < 4.78 is 0. The molecule has 0 bridgehead atoms. The van der Waals surface area contributed by atoms with E-state index in [2.05, 4.69) is 45.1 Å². The molecule has 0 spiro atoms. The summed E-state index contributed by atoms with van der Waals surface area (Å²) in [6, 6.07) is 9.60. The highest BCUT2D eigenvalue weighted by Crippen LogP contribution is 2.31. The fraction of sp³-hybridized carbons (Fsp3) is 0.235. The molecule has 0 saturated heterocycles. The molecule has 0 heterocycles. The molecule has 0 aliphatic carbocycles. The smallest absolute Gasteiger partial charge is 0.0992 e. The van der Waals surface area contributed by atoms with E-state index in [4.69, 9.17) is 11.0 Å². The number of nitrogen functional groups attached to an aromatic ring is 1. The van der Waals surface area contributed by atoms with E-state index < -0.39 is 0 Å². The van der Waals surface area contributed by atoms with Crippen LogP contribution in [-0.4, -0.2) is 0 Å². The minimum Gasteiger partial charge on any atom is -0.397 e. The Morgan fingerprint density at radius 3 is 2.10 bits per heavy atom. The van der Waals surface area contributed by atoms with Crippen molar-refractivity contribution < 1.29 is 0 Å². The first-order valence-corrected chi connectivity index (χ1v) is 6.58. The van der Waals surface area contributed by atoms with Gasteiger partial charge < -0.3 is 11.1 Å². The lowest BCUT2D eigenvalue weighted by Gasteiger charge is -2.18. The minimum absolute atomic E-state index is 0.571. The first-order valence-electron chi connectivity index (χ1n) is 6.58. The van der Waals surface area contributed by atoms with Crippen LogP contribution in [0.4, 0.5) is 17.1 Å². The average molecular weight is 265 g/mol. The topological polar surface area (TPSA) is 61.8 Å². The molecular formula is C17H19N3. The Morgan fingerprint density at radius 1 is 1.00 bits per heavy atom. The lowest BCUT2D eigenvalue weighted by atomic mass is 9.98. The molecule has 2 rings (SSSR count). The van der Waals surface area contributed by atoms with Crippen molar-refractivity contribution in [3.05, 3.63) is 52.1 Å². The van der Waals surface area contributed by atoms with Crippen LogP contribution in [0.25, 0.3) is 0 Å². The van der Waals surface area contributed by atoms with Crippen molar-refractivity contribution in [2.24, 2.45) is 0 Å². The summed E-state index contributed by atoms with van der Waals surface area (Å²) in [6.07, 6.45) is 0. The van der Waals surface area contributed by atoms with Gasteiger partial charge in [0.25, 0.3) is 0 Å². The zero-order valence-corrected chi connectivity index (χ0v) is 12.3. The number of hydrogen-bond acceptors (Lipinski definition) is 3. The van der Waals surface area contributed by atoms with E-state index in [9.17, 15) is 0 Å². The molecule has 102 valence electrons. The van der Waals surface area contributed by atoms with Gasteiger partial charge in [0.2, 0.25) is 0 Å². The summed E-state index contributed by atoms with van der Waals surface area (Å²) in [5.74, 6) is 0. The second-order valence-electron chi connectivity index (χ2n) is 5.17. The number of aryl methyl sites for hydroxylation is 2. The Morgan fingerprint density at radius 2 is 1.60 bits per heavy atom. The minimum atomic E-state index is 0.571. The van der Waals surface area contributed by atoms with Crippen LogP contribution in [0.3, 0.4) is 0 Å². The van der Waals surface area contributed by atoms with E-state index in [-0.39, 0.29) is 0 Å². The maximum Gasteiger partial charge on any atom is 0.0992 e. The van der Waals surface area contributed by atoms with Gasteiger partial charge in [-0.25, -0.2) is 0 Å². The van der Waals surface area contributed by atoms with E-state index in [1.165, 1.54) is 22.3 Å². The first kappa shape index (κ1) is 14.0. The molecule has 0 aliphatic rings. The maximum absolute atomic E-state index is 8.88. The van der Waals surface area contributed by atoms with E-state index in [1.807, 2.05) is 6.07 Å². The molecule has 0 saturated carbocycles. The molecule has 0 aliphatic heterocycles. The number of nitrogens with zero attached hydrogens (tertiary/aromatic N) is 1. The summed E-state index contributed by atoms with van der Waals surface area (Å²) in [4.78, 5) is 0. The van der Waals surface area contributed by atoms with E-state index in [0.29, 0.717) is 11.3 Å². The molecule has 0 atom stereocenters. The van der Waals surface area contributed by atoms with Gasteiger partial charge in [-0.3, -0.25) is 0 Å². The third kappa shape index (κ3) is 2.46. The van der Waals surface area contributed by atoms with Crippen LogP contribution in [0.2, 0.25) is 0 Å². The van der Waals surface area contributed by atoms with Gasteiger partial charge in [-0.2, -0.15) is 5.26 Å². The number of nitrogens with one attached hydrogen (secondary N) is 1. The largest absolute Gasteiger partial charge is 0.397 e. The molecule has 0 unspecified atom stereocenters. The van der Waals surface area contributed by atoms with Crippen molar-refractivity contribution in [3.8, 4) is 6.07 Å². The fourth-order valence-electron chi connectivity index (χ4n) is 2.29. The molecule has 0 radical (unpaired) electrons. The molecule has 0 fully saturated rings. The van der Waals surface area contributed by atoms with E-state index in [1.54, 1.807) is 12.1 Å². The highest BCUT2D eigenvalue weighted by Gasteiger charge is 2.10. The molecule has 3 heteroatoms. The number of benzene rings is 2. The predicted octanol–water partition coefficient (Wildman–Crippen LogP) is 4.12. The van der Waals surface area contributed by atoms with Gasteiger partial charge in [0.05, 0.1) is 23.0 Å². The number of hydrogen-bond donors (Lipinski definition) is 2. The van der Waals surface area contributed by atoms with E-state index >= 15 is 0 Å². The molecule has 3 N–H and O–H groups in total. The molecule has 20 heavy (non-hydrogen) atoms. The van der Waals surface area contributed by atoms with Gasteiger partial charge in [-0.05, 0) is 68.1 Å². The number of rotatable bonds is 2. The standard InChI is InChI=1S/C17H19N3/c1-10-7-11(2)13(4)17(12(10)3)20-16-6-5-14(9-18)8-15(16)19/h5-8,20H,19H2,1-4H3. The normalized spacial score (nSPS) is 10.2. The first-order chi connectivity index (χ1) is 9.43. The molecule has 0 amide bonds. The van der Waals surface area contributed by atoms with Crippen LogP contribution in [-0.2, 0) is 0 Å². The van der Waals surface area contributed by atoms with Crippen molar-refractivity contribution in [2.45, 2.75) is 27.7 Å². The van der Waals surface area contributed by atoms with Crippen molar-refractivity contribution in [1.82, 2.24) is 0 Å². The van der Waals surface area contributed by atoms with Crippen LogP contribution in [0.15, 0.2) is 24.3 Å². The van der Waals surface area contributed by atoms with Crippen molar-refractivity contribution in [2.75, 3.05) is 11.1 Å². The quantitative estimate of drug-likeness (QED) is 0.803. The van der Waals surface area contributed by atoms with Crippen molar-refractivity contribution in [3.63, 3.8) is 0 Å². The monoisotopic (exact) mass is 265 g/mol. The lowest BCUT2D eigenvalue weighted by molar-refractivity contribution is 1.24. The zero-order valence-electron chi connectivity index (χ0n) is 12.3. The van der Waals surface area contributed by atoms with Crippen LogP contribution in [0.1, 0.15) is 27.8 Å². The predicted molar refractivity (Wildman–Crippen MR) is 84.2 cm³/mol. The Labute approximate surface area is 120 Å². The van der Waals surface area contributed by atoms with Gasteiger partial charge >= 0.3 is 0 Å². The maximum atomic E-state index is 8.88. The summed E-state index contributed by atoms with van der Waals surface area (Å²) in [5.41, 5.74) is 14.0. The third-order valence-corrected chi connectivity index (χ3v) is 3.81. The van der Waals surface area contributed by atoms with Crippen LogP contribution in [0.5, 0.6) is 0 Å². The van der Waals surface area contributed by atoms with Crippen molar-refractivity contribution >= 4 is 17.1 Å². The summed E-state index contributed by atoms with van der Waals surface area (Å²) in [7, 11) is 0. The average Bonchev–Trinajstić information content (AvgIpc) is 2.42. The Bertz CT molecular complexity index is 683. The zero-order chi connectivity index (χ0) is 14.9. The van der Waals surface area contributed by atoms with Gasteiger partial charge in [-0.1, -0.05) is 6.07 Å². The Hall–Kier alpha value is -2.47. The van der Waals surface area contributed by atoms with Gasteiger partial charge in [0.1, 0.15) is 0 Å². The second-order valence-corrected chi connectivity index (χ2v) is 5.17. The van der Waals surface area contributed by atoms with E-state index in [0.717, 1.165) is 11.4 Å². The van der Waals surface area contributed by atoms with Crippen LogP contribution >= 0.6 is 0 Å².